The maximum absolute atomic E-state index is 13.9. The molecule has 0 spiro atoms. The summed E-state index contributed by atoms with van der Waals surface area (Å²) in [6, 6.07) is 9.19. The lowest BCUT2D eigenvalue weighted by Gasteiger charge is -2.58. The molecule has 3 saturated carbocycles. The number of ether oxygens (including phenoxy) is 1. The standard InChI is InChI=1S/C36H52O4/c1-7-24(8-2)20-30(37)22(3)27-14-15-28-26-21-31(38)33-23(4)32(40-34(39)25-12-10-9-11-13-25)17-19-36(33,6)29(26)16-18-35(27,28)5/h9-13,21-24,27-30,32-33,37H,7-8,14-20H2,1-6H3/t22-,23-,27+,28+,29-,30+,32+,33+,35+,36+/m0/s1. The van der Waals surface area contributed by atoms with Crippen LogP contribution in [0.15, 0.2) is 42.0 Å². The number of allylic oxidation sites excluding steroid dienone is 2. The van der Waals surface area contributed by atoms with Crippen molar-refractivity contribution in [2.24, 2.45) is 52.3 Å². The largest absolute Gasteiger partial charge is 0.458 e. The second kappa shape index (κ2) is 11.4. The number of rotatable bonds is 8. The number of benzene rings is 1. The van der Waals surface area contributed by atoms with E-state index in [9.17, 15) is 14.7 Å². The van der Waals surface area contributed by atoms with Crippen LogP contribution in [0.4, 0.5) is 0 Å². The number of esters is 1. The Morgan fingerprint density at radius 3 is 2.33 bits per heavy atom. The van der Waals surface area contributed by atoms with Crippen molar-refractivity contribution in [3.63, 3.8) is 0 Å². The molecule has 1 aromatic carbocycles. The molecule has 40 heavy (non-hydrogen) atoms. The highest BCUT2D eigenvalue weighted by Crippen LogP contribution is 2.67. The van der Waals surface area contributed by atoms with Crippen LogP contribution in [0.25, 0.3) is 0 Å². The topological polar surface area (TPSA) is 63.6 Å². The van der Waals surface area contributed by atoms with Crippen LogP contribution >= 0.6 is 0 Å². The number of carbonyl (C=O) groups is 2. The Bertz CT molecular complexity index is 1110. The molecule has 4 heteroatoms. The number of hydrogen-bond donors (Lipinski definition) is 1. The average molecular weight is 549 g/mol. The van der Waals surface area contributed by atoms with E-state index >= 15 is 0 Å². The average Bonchev–Trinajstić information content (AvgIpc) is 3.30. The van der Waals surface area contributed by atoms with Gasteiger partial charge in [-0.1, -0.05) is 78.2 Å². The van der Waals surface area contributed by atoms with Gasteiger partial charge < -0.3 is 9.84 Å². The van der Waals surface area contributed by atoms with Gasteiger partial charge in [-0.05, 0) is 104 Å². The van der Waals surface area contributed by atoms with Gasteiger partial charge >= 0.3 is 5.97 Å². The Kier molecular flexibility index (Phi) is 8.41. The van der Waals surface area contributed by atoms with Crippen LogP contribution in [-0.4, -0.2) is 29.1 Å². The van der Waals surface area contributed by atoms with Crippen molar-refractivity contribution in [1.29, 1.82) is 0 Å². The third-order valence-electron chi connectivity index (χ3n) is 12.6. The minimum absolute atomic E-state index is 0.00148. The van der Waals surface area contributed by atoms with Gasteiger partial charge in [-0.25, -0.2) is 4.79 Å². The van der Waals surface area contributed by atoms with Crippen molar-refractivity contribution in [3.05, 3.63) is 47.5 Å². The van der Waals surface area contributed by atoms with E-state index in [0.29, 0.717) is 29.2 Å². The molecule has 4 aliphatic carbocycles. The second-order valence-corrected chi connectivity index (χ2v) is 14.4. The monoisotopic (exact) mass is 548 g/mol. The first kappa shape index (κ1) is 29.5. The molecule has 0 bridgehead atoms. The molecule has 0 saturated heterocycles. The third kappa shape index (κ3) is 4.91. The molecule has 0 radical (unpaired) electrons. The van der Waals surface area contributed by atoms with Crippen LogP contribution in [0, 0.1) is 52.3 Å². The fraction of sp³-hybridized carbons (Fsp3) is 0.722. The zero-order valence-corrected chi connectivity index (χ0v) is 25.7. The number of carbonyl (C=O) groups excluding carboxylic acids is 2. The van der Waals surface area contributed by atoms with Crippen molar-refractivity contribution >= 4 is 11.8 Å². The van der Waals surface area contributed by atoms with E-state index in [-0.39, 0.29) is 52.5 Å². The zero-order chi connectivity index (χ0) is 28.8. The Balaban J connectivity index is 1.34. The van der Waals surface area contributed by atoms with Gasteiger partial charge in [-0.3, -0.25) is 4.79 Å². The molecule has 0 aliphatic heterocycles. The van der Waals surface area contributed by atoms with Crippen molar-refractivity contribution in [2.75, 3.05) is 0 Å². The summed E-state index contributed by atoms with van der Waals surface area (Å²) in [5, 5.41) is 11.3. The minimum atomic E-state index is -0.286. The van der Waals surface area contributed by atoms with Crippen molar-refractivity contribution in [1.82, 2.24) is 0 Å². The summed E-state index contributed by atoms with van der Waals surface area (Å²) < 4.78 is 6.02. The van der Waals surface area contributed by atoms with E-state index < -0.39 is 0 Å². The molecule has 1 N–H and O–H groups in total. The Labute approximate surface area is 242 Å². The summed E-state index contributed by atoms with van der Waals surface area (Å²) in [6.07, 6.45) is 11.0. The van der Waals surface area contributed by atoms with Crippen molar-refractivity contribution in [3.8, 4) is 0 Å². The number of fused-ring (bicyclic) bond motifs is 5. The molecule has 4 aliphatic rings. The molecular formula is C36H52O4. The van der Waals surface area contributed by atoms with Gasteiger partial charge in [-0.2, -0.15) is 0 Å². The summed E-state index contributed by atoms with van der Waals surface area (Å²) in [5.41, 5.74) is 2.04. The van der Waals surface area contributed by atoms with Gasteiger partial charge in [0.05, 0.1) is 11.7 Å². The van der Waals surface area contributed by atoms with E-state index in [1.165, 1.54) is 12.0 Å². The van der Waals surface area contributed by atoms with Crippen LogP contribution < -0.4 is 0 Å². The number of aliphatic hydroxyl groups is 1. The second-order valence-electron chi connectivity index (χ2n) is 14.4. The highest BCUT2D eigenvalue weighted by Gasteiger charge is 2.61. The van der Waals surface area contributed by atoms with E-state index in [2.05, 4.69) is 41.5 Å². The van der Waals surface area contributed by atoms with Gasteiger partial charge in [0.1, 0.15) is 6.10 Å². The smallest absolute Gasteiger partial charge is 0.338 e. The van der Waals surface area contributed by atoms with Gasteiger partial charge in [0.2, 0.25) is 0 Å². The van der Waals surface area contributed by atoms with Crippen molar-refractivity contribution < 1.29 is 19.4 Å². The Morgan fingerprint density at radius 1 is 1.00 bits per heavy atom. The highest BCUT2D eigenvalue weighted by molar-refractivity contribution is 5.95. The highest BCUT2D eigenvalue weighted by atomic mass is 16.5. The van der Waals surface area contributed by atoms with Gasteiger partial charge in [0.15, 0.2) is 5.78 Å². The quantitative estimate of drug-likeness (QED) is 0.334. The van der Waals surface area contributed by atoms with Gasteiger partial charge in [0.25, 0.3) is 0 Å². The summed E-state index contributed by atoms with van der Waals surface area (Å²) in [7, 11) is 0. The Morgan fingerprint density at radius 2 is 1.65 bits per heavy atom. The molecule has 10 atom stereocenters. The lowest BCUT2D eigenvalue weighted by Crippen LogP contribution is -2.56. The number of hydrogen-bond acceptors (Lipinski definition) is 4. The van der Waals surface area contributed by atoms with Gasteiger partial charge in [0, 0.05) is 11.8 Å². The predicted octanol–water partition coefficient (Wildman–Crippen LogP) is 8.04. The summed E-state index contributed by atoms with van der Waals surface area (Å²) >= 11 is 0. The summed E-state index contributed by atoms with van der Waals surface area (Å²) in [4.78, 5) is 26.8. The molecule has 1 aromatic rings. The Hall–Kier alpha value is -1.94. The van der Waals surface area contributed by atoms with E-state index in [1.54, 1.807) is 12.1 Å². The molecule has 0 heterocycles. The minimum Gasteiger partial charge on any atom is -0.458 e. The molecule has 220 valence electrons. The van der Waals surface area contributed by atoms with E-state index in [4.69, 9.17) is 4.74 Å². The van der Waals surface area contributed by atoms with Crippen LogP contribution in [0.5, 0.6) is 0 Å². The van der Waals surface area contributed by atoms with E-state index in [1.807, 2.05) is 24.3 Å². The zero-order valence-electron chi connectivity index (χ0n) is 25.7. The maximum atomic E-state index is 13.9. The van der Waals surface area contributed by atoms with Crippen LogP contribution in [0.2, 0.25) is 0 Å². The van der Waals surface area contributed by atoms with E-state index in [0.717, 1.165) is 51.4 Å². The van der Waals surface area contributed by atoms with Gasteiger partial charge in [-0.15, -0.1) is 0 Å². The third-order valence-corrected chi connectivity index (χ3v) is 12.6. The lowest BCUT2D eigenvalue weighted by molar-refractivity contribution is -0.140. The van der Waals surface area contributed by atoms with Crippen LogP contribution in [0.3, 0.4) is 0 Å². The maximum Gasteiger partial charge on any atom is 0.338 e. The summed E-state index contributed by atoms with van der Waals surface area (Å²) in [6.45, 7) is 13.7. The number of aliphatic hydroxyl groups excluding tert-OH is 1. The molecule has 5 rings (SSSR count). The van der Waals surface area contributed by atoms with Crippen molar-refractivity contribution in [2.45, 2.75) is 112 Å². The molecular weight excluding hydrogens is 496 g/mol. The molecule has 0 unspecified atom stereocenters. The predicted molar refractivity (Wildman–Crippen MR) is 160 cm³/mol. The fourth-order valence-corrected chi connectivity index (χ4v) is 10.1. The molecule has 0 aromatic heterocycles. The summed E-state index contributed by atoms with van der Waals surface area (Å²) in [5.74, 6) is 2.09. The molecule has 4 nitrogen and oxygen atoms in total. The normalized spacial score (nSPS) is 38.6. The first-order valence-electron chi connectivity index (χ1n) is 16.2. The first-order valence-corrected chi connectivity index (χ1v) is 16.2. The first-order chi connectivity index (χ1) is 19.0. The lowest BCUT2D eigenvalue weighted by atomic mass is 9.46. The molecule has 3 fully saturated rings. The SMILES string of the molecule is CCC(CC)C[C@@H](O)[C@@H](C)[C@H]1CC[C@@H]2C3=CC(=O)[C@H]4[C@@H](C)[C@H](OC(=O)c5ccccc5)CC[C@]4(C)[C@H]3CC[C@@]21C. The van der Waals surface area contributed by atoms with Crippen LogP contribution in [-0.2, 0) is 9.53 Å². The molecule has 0 amide bonds. The van der Waals surface area contributed by atoms with Crippen LogP contribution in [0.1, 0.15) is 110 Å². The number of ketones is 1. The fourth-order valence-electron chi connectivity index (χ4n) is 10.1.